The lowest BCUT2D eigenvalue weighted by Gasteiger charge is -2.29. The quantitative estimate of drug-likeness (QED) is 0.255. The molecule has 9 nitrogen and oxygen atoms in total. The van der Waals surface area contributed by atoms with E-state index in [1.54, 1.807) is 41.5 Å². The molecule has 0 aromatic heterocycles. The van der Waals surface area contributed by atoms with Crippen LogP contribution >= 0.6 is 12.6 Å². The highest BCUT2D eigenvalue weighted by atomic mass is 32.1. The molecule has 0 aromatic carbocycles. The summed E-state index contributed by atoms with van der Waals surface area (Å²) < 4.78 is 0. The van der Waals surface area contributed by atoms with E-state index in [2.05, 4.69) is 28.6 Å². The Hall–Kier alpha value is -1.81. The monoisotopic (exact) mass is 418 g/mol. The van der Waals surface area contributed by atoms with E-state index in [0.29, 0.717) is 0 Å². The third-order valence-electron chi connectivity index (χ3n) is 4.26. The highest BCUT2D eigenvalue weighted by molar-refractivity contribution is 7.80. The predicted molar refractivity (Wildman–Crippen MR) is 110 cm³/mol. The van der Waals surface area contributed by atoms with Crippen LogP contribution in [0.15, 0.2) is 0 Å². The van der Waals surface area contributed by atoms with Gasteiger partial charge in [-0.15, -0.1) is 0 Å². The van der Waals surface area contributed by atoms with E-state index in [0.717, 1.165) is 0 Å². The van der Waals surface area contributed by atoms with Crippen molar-refractivity contribution in [2.45, 2.75) is 65.7 Å². The van der Waals surface area contributed by atoms with Crippen molar-refractivity contribution in [3.8, 4) is 0 Å². The Bertz CT molecular complexity index is 568. The molecule has 0 spiro atoms. The van der Waals surface area contributed by atoms with E-state index < -0.39 is 47.9 Å². The highest BCUT2D eigenvalue weighted by Crippen LogP contribution is 2.09. The summed E-state index contributed by atoms with van der Waals surface area (Å²) in [5.74, 6) is -3.55. The lowest BCUT2D eigenvalue weighted by molar-refractivity contribution is -0.144. The van der Waals surface area contributed by atoms with E-state index in [4.69, 9.17) is 5.73 Å². The van der Waals surface area contributed by atoms with Crippen LogP contribution in [0.4, 0.5) is 0 Å². The number of carbonyl (C=O) groups is 4. The number of rotatable bonds is 11. The zero-order chi connectivity index (χ0) is 22.2. The molecule has 0 aliphatic heterocycles. The number of aliphatic carboxylic acids is 1. The van der Waals surface area contributed by atoms with Crippen LogP contribution in [0.25, 0.3) is 0 Å². The molecule has 3 amide bonds. The van der Waals surface area contributed by atoms with Crippen molar-refractivity contribution < 1.29 is 24.3 Å². The molecule has 0 aliphatic carbocycles. The number of hydrogen-bond acceptors (Lipinski definition) is 6. The molecule has 0 saturated carbocycles. The van der Waals surface area contributed by atoms with Crippen LogP contribution in [0.1, 0.15) is 41.5 Å². The first-order valence-electron chi connectivity index (χ1n) is 9.33. The van der Waals surface area contributed by atoms with Gasteiger partial charge in [0.2, 0.25) is 17.7 Å². The second kappa shape index (κ2) is 11.9. The molecule has 10 heteroatoms. The summed E-state index contributed by atoms with van der Waals surface area (Å²) >= 11 is 3.97. The van der Waals surface area contributed by atoms with Gasteiger partial charge in [0.15, 0.2) is 0 Å². The van der Waals surface area contributed by atoms with Gasteiger partial charge in [-0.3, -0.25) is 14.4 Å². The van der Waals surface area contributed by atoms with E-state index in [-0.39, 0.29) is 23.5 Å². The molecule has 0 heterocycles. The standard InChI is InChI=1S/C18H34N4O5S/c1-8(2)12(20-15(23)11(19)7-28)16(24)21-13(9(3)4)17(25)22-14(10(5)6)18(26)27/h8-14,28H,7,19H2,1-6H3,(H,20,23)(H,21,24)(H,22,25)(H,26,27). The lowest BCUT2D eigenvalue weighted by atomic mass is 9.98. The zero-order valence-corrected chi connectivity index (χ0v) is 18.2. The second-order valence-corrected chi connectivity index (χ2v) is 8.18. The largest absolute Gasteiger partial charge is 0.480 e. The molecular formula is C18H34N4O5S. The predicted octanol–water partition coefficient (Wildman–Crippen LogP) is -0.249. The summed E-state index contributed by atoms with van der Waals surface area (Å²) in [4.78, 5) is 48.7. The van der Waals surface area contributed by atoms with Crippen LogP contribution in [-0.4, -0.2) is 58.7 Å². The van der Waals surface area contributed by atoms with Gasteiger partial charge in [0.25, 0.3) is 0 Å². The van der Waals surface area contributed by atoms with Crippen molar-refractivity contribution in [2.75, 3.05) is 5.75 Å². The number of carboxylic acids is 1. The molecule has 4 atom stereocenters. The summed E-state index contributed by atoms with van der Waals surface area (Å²) in [6.07, 6.45) is 0. The Morgan fingerprint density at radius 2 is 1.07 bits per heavy atom. The third kappa shape index (κ3) is 8.05. The highest BCUT2D eigenvalue weighted by Gasteiger charge is 2.33. The van der Waals surface area contributed by atoms with Gasteiger partial charge in [-0.2, -0.15) is 12.6 Å². The first kappa shape index (κ1) is 26.2. The SMILES string of the molecule is CC(C)C(NC(=O)C(NC(=O)C(NC(=O)C(N)CS)C(C)C)C(C)C)C(=O)O. The van der Waals surface area contributed by atoms with E-state index >= 15 is 0 Å². The summed E-state index contributed by atoms with van der Waals surface area (Å²) in [6, 6.07) is -3.78. The fourth-order valence-corrected chi connectivity index (χ4v) is 2.58. The molecule has 0 rings (SSSR count). The van der Waals surface area contributed by atoms with E-state index in [1.165, 1.54) is 0 Å². The molecule has 28 heavy (non-hydrogen) atoms. The summed E-state index contributed by atoms with van der Waals surface area (Å²) in [5.41, 5.74) is 5.63. The van der Waals surface area contributed by atoms with Gasteiger partial charge in [0, 0.05) is 5.75 Å². The Balaban J connectivity index is 5.32. The minimum atomic E-state index is -1.15. The van der Waals surface area contributed by atoms with Crippen molar-refractivity contribution in [3.63, 3.8) is 0 Å². The van der Waals surface area contributed by atoms with Gasteiger partial charge >= 0.3 is 5.97 Å². The first-order valence-corrected chi connectivity index (χ1v) is 9.97. The van der Waals surface area contributed by atoms with Crippen molar-refractivity contribution in [1.29, 1.82) is 0 Å². The molecule has 0 saturated heterocycles. The fourth-order valence-electron chi connectivity index (χ4n) is 2.41. The van der Waals surface area contributed by atoms with Gasteiger partial charge < -0.3 is 26.8 Å². The molecule has 0 fully saturated rings. The maximum absolute atomic E-state index is 12.7. The second-order valence-electron chi connectivity index (χ2n) is 7.82. The summed E-state index contributed by atoms with van der Waals surface area (Å²) in [7, 11) is 0. The smallest absolute Gasteiger partial charge is 0.326 e. The maximum atomic E-state index is 12.7. The normalized spacial score (nSPS) is 15.7. The van der Waals surface area contributed by atoms with E-state index in [1.807, 2.05) is 0 Å². The van der Waals surface area contributed by atoms with Crippen LogP contribution in [0.3, 0.4) is 0 Å². The van der Waals surface area contributed by atoms with Gasteiger partial charge in [0.05, 0.1) is 6.04 Å². The van der Waals surface area contributed by atoms with Crippen molar-refractivity contribution in [2.24, 2.45) is 23.5 Å². The molecule has 162 valence electrons. The van der Waals surface area contributed by atoms with Crippen LogP contribution < -0.4 is 21.7 Å². The van der Waals surface area contributed by atoms with Crippen LogP contribution in [-0.2, 0) is 19.2 Å². The number of nitrogens with one attached hydrogen (secondary N) is 3. The Labute approximate surface area is 172 Å². The van der Waals surface area contributed by atoms with E-state index in [9.17, 15) is 24.3 Å². The molecular weight excluding hydrogens is 384 g/mol. The number of nitrogens with two attached hydrogens (primary N) is 1. The Kier molecular flexibility index (Phi) is 11.1. The first-order chi connectivity index (χ1) is 12.8. The van der Waals surface area contributed by atoms with Crippen LogP contribution in [0.5, 0.6) is 0 Å². The van der Waals surface area contributed by atoms with Crippen LogP contribution in [0.2, 0.25) is 0 Å². The molecule has 0 bridgehead atoms. The van der Waals surface area contributed by atoms with Crippen LogP contribution in [0, 0.1) is 17.8 Å². The Morgan fingerprint density at radius 3 is 1.36 bits per heavy atom. The Morgan fingerprint density at radius 1 is 0.750 bits per heavy atom. The van der Waals surface area contributed by atoms with Gasteiger partial charge in [-0.1, -0.05) is 41.5 Å². The van der Waals surface area contributed by atoms with Gasteiger partial charge in [-0.25, -0.2) is 4.79 Å². The minimum absolute atomic E-state index is 0.126. The molecule has 0 aliphatic rings. The number of carboxylic acid groups (broad SMARTS) is 1. The number of thiol groups is 1. The van der Waals surface area contributed by atoms with Crippen molar-refractivity contribution in [3.05, 3.63) is 0 Å². The number of hydrogen-bond donors (Lipinski definition) is 6. The van der Waals surface area contributed by atoms with Crippen molar-refractivity contribution >= 4 is 36.3 Å². The average Bonchev–Trinajstić information content (AvgIpc) is 2.59. The van der Waals surface area contributed by atoms with Crippen molar-refractivity contribution in [1.82, 2.24) is 16.0 Å². The molecule has 6 N–H and O–H groups in total. The average molecular weight is 419 g/mol. The third-order valence-corrected chi connectivity index (χ3v) is 4.65. The molecule has 0 radical (unpaired) electrons. The lowest BCUT2D eigenvalue weighted by Crippen LogP contribution is -2.60. The number of carbonyl (C=O) groups excluding carboxylic acids is 3. The van der Waals surface area contributed by atoms with Gasteiger partial charge in [0.1, 0.15) is 18.1 Å². The summed E-state index contributed by atoms with van der Waals surface area (Å²) in [5, 5.41) is 16.9. The minimum Gasteiger partial charge on any atom is -0.480 e. The maximum Gasteiger partial charge on any atom is 0.326 e. The molecule has 4 unspecified atom stereocenters. The van der Waals surface area contributed by atoms with Gasteiger partial charge in [-0.05, 0) is 17.8 Å². The fraction of sp³-hybridized carbons (Fsp3) is 0.778. The topological polar surface area (TPSA) is 151 Å². The number of amides is 3. The summed E-state index contributed by atoms with van der Waals surface area (Å²) in [6.45, 7) is 10.3. The molecule has 0 aromatic rings. The zero-order valence-electron chi connectivity index (χ0n) is 17.4.